The van der Waals surface area contributed by atoms with E-state index in [0.717, 1.165) is 11.4 Å². The number of esters is 2. The van der Waals surface area contributed by atoms with Gasteiger partial charge in [0.25, 0.3) is 0 Å². The Morgan fingerprint density at radius 3 is 2.14 bits per heavy atom. The first kappa shape index (κ1) is 43.6. The number of ether oxygens (including phenoxy) is 3. The van der Waals surface area contributed by atoms with E-state index >= 15 is 0 Å². The summed E-state index contributed by atoms with van der Waals surface area (Å²) in [4.78, 5) is 52.7. The molecule has 11 atom stereocenters. The zero-order chi connectivity index (χ0) is 35.0. The van der Waals surface area contributed by atoms with Crippen LogP contribution in [0.15, 0.2) is 39.9 Å². The Bertz CT molecular complexity index is 1520. The van der Waals surface area contributed by atoms with E-state index in [1.807, 2.05) is 0 Å². The Kier molecular flexibility index (Phi) is 13.8. The molecular weight excluding hydrogens is 1140 g/mol. The molecule has 16 heteroatoms. The molecule has 1 aromatic carbocycles. The summed E-state index contributed by atoms with van der Waals surface area (Å²) in [5.74, 6) is -4.87. The molecule has 5 rings (SSSR count). The van der Waals surface area contributed by atoms with E-state index in [2.05, 4.69) is 21.2 Å². The zero-order valence-electron chi connectivity index (χ0n) is 28.2. The largest absolute Gasteiger partial charge is 0.459 e. The van der Waals surface area contributed by atoms with Gasteiger partial charge >= 0.3 is 11.9 Å². The van der Waals surface area contributed by atoms with Crippen LogP contribution in [0.3, 0.4) is 0 Å². The summed E-state index contributed by atoms with van der Waals surface area (Å²) in [6.07, 6.45) is -9.86. The number of ketones is 1. The van der Waals surface area contributed by atoms with E-state index in [1.165, 1.54) is 20.8 Å². The summed E-state index contributed by atoms with van der Waals surface area (Å²) in [5.41, 5.74) is -6.89. The van der Waals surface area contributed by atoms with Crippen molar-refractivity contribution in [1.29, 1.82) is 0 Å². The van der Waals surface area contributed by atoms with E-state index in [0.29, 0.717) is 5.56 Å². The number of aliphatic hydroxyl groups excluding tert-OH is 3. The van der Waals surface area contributed by atoms with Crippen LogP contribution in [-0.2, 0) is 33.4 Å². The third-order valence-corrected chi connectivity index (χ3v) is 11.6. The first-order chi connectivity index (χ1) is 21.7. The molecule has 1 amide bonds. The second kappa shape index (κ2) is 15.5. The number of aliphatic hydroxyl groups is 5. The molecule has 1 saturated heterocycles. The fraction of sp³-hybridized carbons (Fsp3) is 0.636. The maximum absolute atomic E-state index is 14.4. The van der Waals surface area contributed by atoms with Gasteiger partial charge in [-0.25, -0.2) is 4.79 Å². The van der Waals surface area contributed by atoms with E-state index < -0.39 is 101 Å². The average Bonchev–Trinajstić information content (AvgIpc) is 2.98. The monoisotopic (exact) mass is 1180 g/mol. The van der Waals surface area contributed by atoms with E-state index in [9.17, 15) is 44.7 Å². The summed E-state index contributed by atoms with van der Waals surface area (Å²) < 4.78 is 17.9. The number of Topliss-reactive ketones (excluding diaryl/α,β-unsaturated/α-hetero) is 1. The Balaban J connectivity index is 0.00000325. The van der Waals surface area contributed by atoms with Crippen molar-refractivity contribution in [3.05, 3.63) is 45.4 Å². The maximum Gasteiger partial charge on any atom is 0.338 e. The van der Waals surface area contributed by atoms with Crippen molar-refractivity contribution in [2.24, 2.45) is 16.7 Å². The van der Waals surface area contributed by atoms with Crippen LogP contribution in [0.2, 0.25) is 0 Å². The molecular formula is C33H42Ac2BrNO12. The molecule has 0 spiro atoms. The van der Waals surface area contributed by atoms with Crippen LogP contribution in [-0.4, -0.2) is 104 Å². The Morgan fingerprint density at radius 2 is 1.63 bits per heavy atom. The molecule has 264 valence electrons. The number of hydrogen-bond acceptors (Lipinski definition) is 12. The molecule has 4 aliphatic rings. The topological polar surface area (TPSA) is 209 Å². The van der Waals surface area contributed by atoms with Crippen LogP contribution < -0.4 is 5.32 Å². The van der Waals surface area contributed by atoms with Gasteiger partial charge in [-0.1, -0.05) is 41.9 Å². The van der Waals surface area contributed by atoms with Crippen molar-refractivity contribution in [2.75, 3.05) is 6.61 Å². The van der Waals surface area contributed by atoms with Gasteiger partial charge in [-0.2, -0.15) is 0 Å². The first-order valence-electron chi connectivity index (χ1n) is 15.5. The number of amides is 1. The first-order valence-corrected chi connectivity index (χ1v) is 16.3. The van der Waals surface area contributed by atoms with Crippen molar-refractivity contribution in [1.82, 2.24) is 5.32 Å². The number of carbonyl (C=O) groups excluding carboxylic acids is 4. The third kappa shape index (κ3) is 7.11. The molecule has 2 bridgehead atoms. The van der Waals surface area contributed by atoms with Crippen molar-refractivity contribution in [3.8, 4) is 0 Å². The molecule has 1 heterocycles. The van der Waals surface area contributed by atoms with Gasteiger partial charge in [-0.15, -0.1) is 0 Å². The fourth-order valence-corrected chi connectivity index (χ4v) is 8.64. The van der Waals surface area contributed by atoms with Crippen molar-refractivity contribution in [3.63, 3.8) is 0 Å². The summed E-state index contributed by atoms with van der Waals surface area (Å²) in [6.45, 7) is 8.03. The Labute approximate surface area is 364 Å². The molecule has 0 aromatic heterocycles. The molecule has 49 heavy (non-hydrogen) atoms. The predicted octanol–water partition coefficient (Wildman–Crippen LogP) is 0.769. The molecule has 2 radical (unpaired) electrons. The van der Waals surface area contributed by atoms with Crippen LogP contribution in [0.1, 0.15) is 66.0 Å². The smallest absolute Gasteiger partial charge is 0.338 e. The number of nitrogens with one attached hydrogen (secondary N) is 1. The van der Waals surface area contributed by atoms with Crippen molar-refractivity contribution in [2.45, 2.75) is 108 Å². The van der Waals surface area contributed by atoms with Gasteiger partial charge in [-0.05, 0) is 42.7 Å². The van der Waals surface area contributed by atoms with E-state index in [4.69, 9.17) is 14.2 Å². The van der Waals surface area contributed by atoms with Gasteiger partial charge in [0.1, 0.15) is 29.5 Å². The Hall–Kier alpha value is 0.163. The number of halogens is 1. The van der Waals surface area contributed by atoms with Crippen LogP contribution in [0.5, 0.6) is 0 Å². The molecule has 6 N–H and O–H groups in total. The number of carbonyl (C=O) groups is 4. The van der Waals surface area contributed by atoms with Crippen molar-refractivity contribution >= 4 is 39.6 Å². The molecule has 1 aromatic rings. The summed E-state index contributed by atoms with van der Waals surface area (Å²) in [5, 5.41) is 61.7. The quantitative estimate of drug-likeness (QED) is 0.173. The third-order valence-electron chi connectivity index (χ3n) is 11.1. The zero-order valence-corrected chi connectivity index (χ0v) is 39.3. The molecule has 1 aliphatic heterocycles. The van der Waals surface area contributed by atoms with Crippen LogP contribution >= 0.6 is 15.9 Å². The molecule has 2 saturated carbocycles. The normalized spacial score (nSPS) is 37.2. The predicted molar refractivity (Wildman–Crippen MR) is 166 cm³/mol. The second-order valence-corrected chi connectivity index (χ2v) is 15.0. The van der Waals surface area contributed by atoms with E-state index in [-0.39, 0.29) is 112 Å². The molecule has 13 nitrogen and oxygen atoms in total. The average molecular weight is 1180 g/mol. The van der Waals surface area contributed by atoms with Crippen molar-refractivity contribution < 1.29 is 147 Å². The summed E-state index contributed by atoms with van der Waals surface area (Å²) >= 11 is 3.32. The summed E-state index contributed by atoms with van der Waals surface area (Å²) in [7, 11) is 0. The number of rotatable bonds is 6. The van der Waals surface area contributed by atoms with Gasteiger partial charge in [0.15, 0.2) is 11.9 Å². The number of fused-ring (bicyclic) bond motifs is 5. The molecule has 3 aliphatic carbocycles. The minimum atomic E-state index is -2.22. The fourth-order valence-electron chi connectivity index (χ4n) is 8.38. The summed E-state index contributed by atoms with van der Waals surface area (Å²) in [6, 6.07) is 5.31. The second-order valence-electron chi connectivity index (χ2n) is 14.0. The maximum atomic E-state index is 14.4. The van der Waals surface area contributed by atoms with Gasteiger partial charge in [-0.3, -0.25) is 14.4 Å². The van der Waals surface area contributed by atoms with Gasteiger partial charge in [0, 0.05) is 131 Å². The molecule has 3 fully saturated rings. The SMILES string of the molecule is CC(=O)N[C@@H](c1ccc(Br)cc1)[C@@H](O)C(=O)O[C@H]1C[C@@]2(O)[C@@H](OC(C)=O)[C@@H]3[C@]4(O)CO[C@@H]4C[C@H](O)[C@@]3(C)C(=O)[C@H](O)C(=C1C)C2(C)C.[Ac].[Ac]. The van der Waals surface area contributed by atoms with Gasteiger partial charge in [0.2, 0.25) is 5.91 Å². The van der Waals surface area contributed by atoms with Crippen LogP contribution in [0, 0.1) is 105 Å². The van der Waals surface area contributed by atoms with Crippen LogP contribution in [0.4, 0.5) is 0 Å². The van der Waals surface area contributed by atoms with Crippen LogP contribution in [0.25, 0.3) is 0 Å². The minimum Gasteiger partial charge on any atom is -0.459 e. The van der Waals surface area contributed by atoms with Gasteiger partial charge < -0.3 is 45.1 Å². The number of hydrogen-bond donors (Lipinski definition) is 6. The Morgan fingerprint density at radius 1 is 1.04 bits per heavy atom. The minimum absolute atomic E-state index is 0. The number of benzene rings is 1. The van der Waals surface area contributed by atoms with E-state index in [1.54, 1.807) is 38.1 Å². The van der Waals surface area contributed by atoms with Gasteiger partial charge in [0.05, 0.1) is 30.3 Å². The molecule has 0 unspecified atom stereocenters. The standard InChI is InChI=1S/C33H42BrNO12.2Ac/c1-14-19(47-29(42)25(40)23(35-15(2)36)17-7-9-18(34)10-8-17)12-33(44)28(46-16(3)37)26-31(6,20(38)11-21-32(26,43)13-45-21)27(41)24(39)22(14)30(33,4)5;;/h7-10,19-21,23-26,28,38-40,43-44H,11-13H2,1-6H3,(H,35,36);;/t19-,20-,21+,23-,24+,25+,26-,28-,31+,32-,33+;;/m0../s1.